The van der Waals surface area contributed by atoms with Gasteiger partial charge in [0.1, 0.15) is 5.75 Å². The van der Waals surface area contributed by atoms with Gasteiger partial charge in [0.05, 0.1) is 12.8 Å². The Labute approximate surface area is 143 Å². The molecule has 5 heteroatoms. The van der Waals surface area contributed by atoms with Crippen LogP contribution >= 0.6 is 12.2 Å². The zero-order valence-electron chi connectivity index (χ0n) is 14.1. The van der Waals surface area contributed by atoms with Crippen molar-refractivity contribution < 1.29 is 4.74 Å². The van der Waals surface area contributed by atoms with Gasteiger partial charge >= 0.3 is 0 Å². The fourth-order valence-electron chi connectivity index (χ4n) is 2.56. The van der Waals surface area contributed by atoms with Crippen molar-refractivity contribution in [2.75, 3.05) is 19.0 Å². The second-order valence-corrected chi connectivity index (χ2v) is 5.96. The predicted octanol–water partition coefficient (Wildman–Crippen LogP) is 3.88. The number of thiocarbonyl (C=S) groups is 1. The number of hydrogen-bond acceptors (Lipinski definition) is 2. The molecule has 0 radical (unpaired) electrons. The van der Waals surface area contributed by atoms with Gasteiger partial charge in [0.25, 0.3) is 0 Å². The van der Waals surface area contributed by atoms with E-state index in [9.17, 15) is 0 Å². The second kappa shape index (κ2) is 8.58. The third-order valence-corrected chi connectivity index (χ3v) is 4.11. The molecule has 0 fully saturated rings. The molecule has 4 nitrogen and oxygen atoms in total. The van der Waals surface area contributed by atoms with E-state index in [4.69, 9.17) is 17.0 Å². The molecule has 0 aliphatic rings. The van der Waals surface area contributed by atoms with Gasteiger partial charge in [-0.05, 0) is 63.2 Å². The number of benzene rings is 1. The van der Waals surface area contributed by atoms with Crippen LogP contribution in [0.2, 0.25) is 0 Å². The summed E-state index contributed by atoms with van der Waals surface area (Å²) < 4.78 is 7.65. The van der Waals surface area contributed by atoms with Gasteiger partial charge in [-0.15, -0.1) is 0 Å². The lowest BCUT2D eigenvalue weighted by atomic mass is 10.3. The van der Waals surface area contributed by atoms with E-state index in [0.717, 1.165) is 37.4 Å². The summed E-state index contributed by atoms with van der Waals surface area (Å²) in [6.07, 6.45) is 2.20. The maximum atomic E-state index is 5.33. The first-order valence-electron chi connectivity index (χ1n) is 7.92. The van der Waals surface area contributed by atoms with Gasteiger partial charge in [0.2, 0.25) is 0 Å². The number of methoxy groups -OCH3 is 1. The predicted molar refractivity (Wildman–Crippen MR) is 100 cm³/mol. The van der Waals surface area contributed by atoms with E-state index in [1.54, 1.807) is 7.11 Å². The van der Waals surface area contributed by atoms with E-state index in [0.29, 0.717) is 5.11 Å². The van der Waals surface area contributed by atoms with Crippen molar-refractivity contribution in [2.45, 2.75) is 33.2 Å². The number of unbranched alkanes of at least 4 members (excludes halogenated alkanes) is 1. The molecular formula is C18H25N3OS. The van der Waals surface area contributed by atoms with Crippen LogP contribution in [0.25, 0.3) is 0 Å². The zero-order chi connectivity index (χ0) is 16.7. The van der Waals surface area contributed by atoms with Gasteiger partial charge in [-0.25, -0.2) is 0 Å². The van der Waals surface area contributed by atoms with Crippen LogP contribution in [0.4, 0.5) is 5.69 Å². The number of nitrogens with zero attached hydrogens (tertiary/aromatic N) is 1. The average molecular weight is 331 g/mol. The van der Waals surface area contributed by atoms with E-state index in [1.165, 1.54) is 11.4 Å². The maximum absolute atomic E-state index is 5.33. The number of nitrogens with one attached hydrogen (secondary N) is 2. The Hall–Kier alpha value is -2.01. The molecule has 0 unspecified atom stereocenters. The number of hydrogen-bond donors (Lipinski definition) is 2. The van der Waals surface area contributed by atoms with Gasteiger partial charge in [0, 0.05) is 24.5 Å². The molecular weight excluding hydrogens is 306 g/mol. The summed E-state index contributed by atoms with van der Waals surface area (Å²) >= 11 is 5.33. The number of rotatable bonds is 7. The van der Waals surface area contributed by atoms with Crippen LogP contribution in [0.5, 0.6) is 5.75 Å². The van der Waals surface area contributed by atoms with Crippen molar-refractivity contribution in [1.82, 2.24) is 9.88 Å². The molecule has 0 atom stereocenters. The molecule has 2 aromatic rings. The lowest BCUT2D eigenvalue weighted by molar-refractivity contribution is 0.417. The summed E-state index contributed by atoms with van der Waals surface area (Å²) in [6.45, 7) is 6.22. The molecule has 0 bridgehead atoms. The van der Waals surface area contributed by atoms with Gasteiger partial charge in [-0.3, -0.25) is 0 Å². The average Bonchev–Trinajstić information content (AvgIpc) is 2.86. The lowest BCUT2D eigenvalue weighted by Crippen LogP contribution is -2.29. The van der Waals surface area contributed by atoms with Crippen LogP contribution in [0, 0.1) is 13.8 Å². The van der Waals surface area contributed by atoms with Crippen molar-refractivity contribution in [3.8, 4) is 5.75 Å². The Morgan fingerprint density at radius 1 is 1.09 bits per heavy atom. The maximum Gasteiger partial charge on any atom is 0.170 e. The highest BCUT2D eigenvalue weighted by Crippen LogP contribution is 2.22. The van der Waals surface area contributed by atoms with E-state index in [2.05, 4.69) is 41.2 Å². The van der Waals surface area contributed by atoms with E-state index >= 15 is 0 Å². The van der Waals surface area contributed by atoms with Crippen LogP contribution < -0.4 is 15.4 Å². The fourth-order valence-corrected chi connectivity index (χ4v) is 2.78. The molecule has 1 aromatic carbocycles. The second-order valence-electron chi connectivity index (χ2n) is 5.56. The number of aromatic nitrogens is 1. The normalized spacial score (nSPS) is 10.4. The first-order chi connectivity index (χ1) is 11.1. The van der Waals surface area contributed by atoms with Crippen molar-refractivity contribution >= 4 is 23.0 Å². The van der Waals surface area contributed by atoms with Gasteiger partial charge in [-0.2, -0.15) is 0 Å². The number of anilines is 1. The van der Waals surface area contributed by atoms with Gasteiger partial charge in [0.15, 0.2) is 5.11 Å². The summed E-state index contributed by atoms with van der Waals surface area (Å²) in [5.41, 5.74) is 3.53. The van der Waals surface area contributed by atoms with E-state index in [-0.39, 0.29) is 0 Å². The monoisotopic (exact) mass is 331 g/mol. The molecule has 124 valence electrons. The third-order valence-electron chi connectivity index (χ3n) is 3.87. The topological polar surface area (TPSA) is 38.2 Å². The number of ether oxygens (including phenoxy) is 1. The molecule has 0 spiro atoms. The van der Waals surface area contributed by atoms with Crippen molar-refractivity contribution in [3.63, 3.8) is 0 Å². The third kappa shape index (κ3) is 4.99. The minimum Gasteiger partial charge on any atom is -0.495 e. The Morgan fingerprint density at radius 3 is 2.48 bits per heavy atom. The largest absolute Gasteiger partial charge is 0.495 e. The molecule has 1 aromatic heterocycles. The molecule has 0 aliphatic carbocycles. The molecule has 0 aliphatic heterocycles. The number of para-hydroxylation sites is 2. The summed E-state index contributed by atoms with van der Waals surface area (Å²) in [7, 11) is 1.65. The van der Waals surface area contributed by atoms with Gasteiger partial charge in [-0.1, -0.05) is 12.1 Å². The van der Waals surface area contributed by atoms with Crippen LogP contribution in [-0.4, -0.2) is 23.3 Å². The minimum absolute atomic E-state index is 0.628. The molecule has 2 N–H and O–H groups in total. The van der Waals surface area contributed by atoms with Crippen LogP contribution in [-0.2, 0) is 6.54 Å². The summed E-state index contributed by atoms with van der Waals surface area (Å²) in [5, 5.41) is 7.05. The highest BCUT2D eigenvalue weighted by molar-refractivity contribution is 7.80. The minimum atomic E-state index is 0.628. The van der Waals surface area contributed by atoms with Crippen molar-refractivity contribution in [1.29, 1.82) is 0 Å². The Bertz CT molecular complexity index is 632. The summed E-state index contributed by atoms with van der Waals surface area (Å²) in [4.78, 5) is 0. The van der Waals surface area contributed by atoms with Crippen molar-refractivity contribution in [3.05, 3.63) is 47.8 Å². The molecule has 23 heavy (non-hydrogen) atoms. The zero-order valence-corrected chi connectivity index (χ0v) is 14.9. The van der Waals surface area contributed by atoms with E-state index in [1.807, 2.05) is 24.3 Å². The van der Waals surface area contributed by atoms with Crippen LogP contribution in [0.3, 0.4) is 0 Å². The van der Waals surface area contributed by atoms with Gasteiger partial charge < -0.3 is 19.9 Å². The summed E-state index contributed by atoms with van der Waals surface area (Å²) in [5.74, 6) is 0.787. The Morgan fingerprint density at radius 2 is 1.78 bits per heavy atom. The van der Waals surface area contributed by atoms with Crippen molar-refractivity contribution in [2.24, 2.45) is 0 Å². The van der Waals surface area contributed by atoms with Crippen LogP contribution in [0.1, 0.15) is 24.2 Å². The molecule has 0 saturated heterocycles. The smallest absolute Gasteiger partial charge is 0.170 e. The molecule has 0 saturated carbocycles. The highest BCUT2D eigenvalue weighted by atomic mass is 32.1. The number of aryl methyl sites for hydroxylation is 2. The SMILES string of the molecule is COc1ccccc1NC(=S)NCCCCn1c(C)ccc1C. The molecule has 1 heterocycles. The standard InChI is InChI=1S/C18H25N3OS/c1-14-10-11-15(2)21(14)13-7-6-12-19-18(23)20-16-8-4-5-9-17(16)22-3/h4-5,8-11H,6-7,12-13H2,1-3H3,(H2,19,20,23). The van der Waals surface area contributed by atoms with E-state index < -0.39 is 0 Å². The Balaban J connectivity index is 1.69. The quantitative estimate of drug-likeness (QED) is 0.596. The first-order valence-corrected chi connectivity index (χ1v) is 8.33. The summed E-state index contributed by atoms with van der Waals surface area (Å²) in [6, 6.07) is 12.1. The Kier molecular flexibility index (Phi) is 6.47. The molecule has 2 rings (SSSR count). The first kappa shape index (κ1) is 17.3. The van der Waals surface area contributed by atoms with Crippen LogP contribution in [0.15, 0.2) is 36.4 Å². The molecule has 0 amide bonds. The fraction of sp³-hybridized carbons (Fsp3) is 0.389. The lowest BCUT2D eigenvalue weighted by Gasteiger charge is -2.13. The highest BCUT2D eigenvalue weighted by Gasteiger charge is 2.04.